The third-order valence-corrected chi connectivity index (χ3v) is 7.32. The minimum absolute atomic E-state index is 0.137. The summed E-state index contributed by atoms with van der Waals surface area (Å²) in [7, 11) is 1.33. The lowest BCUT2D eigenvalue weighted by atomic mass is 10.0. The number of hydrogen-bond donors (Lipinski definition) is 2. The van der Waals surface area contributed by atoms with Crippen LogP contribution in [0.1, 0.15) is 18.1 Å². The highest BCUT2D eigenvalue weighted by Crippen LogP contribution is 2.42. The number of esters is 1. The van der Waals surface area contributed by atoms with Crippen LogP contribution >= 0.6 is 0 Å². The molecular formula is C29H30N4O5. The number of nitrogens with one attached hydrogen (secondary N) is 1. The number of carbonyl (C=O) groups is 1. The fourth-order valence-corrected chi connectivity index (χ4v) is 5.22. The molecule has 38 heavy (non-hydrogen) atoms. The average molecular weight is 515 g/mol. The van der Waals surface area contributed by atoms with E-state index in [-0.39, 0.29) is 6.61 Å². The first-order chi connectivity index (χ1) is 18.4. The second-order valence-corrected chi connectivity index (χ2v) is 9.72. The zero-order valence-electron chi connectivity index (χ0n) is 21.4. The molecule has 1 aromatic heterocycles. The zero-order valence-corrected chi connectivity index (χ0v) is 21.4. The second kappa shape index (κ2) is 9.66. The molecule has 6 rings (SSSR count). The largest absolute Gasteiger partial charge is 0.482 e. The number of aromatic nitrogens is 2. The van der Waals surface area contributed by atoms with Crippen LogP contribution < -0.4 is 14.5 Å². The fraction of sp³-hybridized carbons (Fsp3) is 0.310. The van der Waals surface area contributed by atoms with Crippen molar-refractivity contribution in [2.24, 2.45) is 0 Å². The van der Waals surface area contributed by atoms with Crippen molar-refractivity contribution in [3.05, 3.63) is 71.8 Å². The van der Waals surface area contributed by atoms with E-state index in [1.165, 1.54) is 12.8 Å². The first-order valence-corrected chi connectivity index (χ1v) is 12.7. The molecule has 3 aromatic carbocycles. The predicted molar refractivity (Wildman–Crippen MR) is 144 cm³/mol. The summed E-state index contributed by atoms with van der Waals surface area (Å²) >= 11 is 0. The van der Waals surface area contributed by atoms with E-state index in [2.05, 4.69) is 26.8 Å². The summed E-state index contributed by atoms with van der Waals surface area (Å²) in [4.78, 5) is 23.8. The minimum atomic E-state index is -1.13. The molecule has 9 nitrogen and oxygen atoms in total. The fourth-order valence-electron chi connectivity index (χ4n) is 5.22. The van der Waals surface area contributed by atoms with Crippen LogP contribution in [0.2, 0.25) is 0 Å². The lowest BCUT2D eigenvalue weighted by molar-refractivity contribution is -0.142. The second-order valence-electron chi connectivity index (χ2n) is 9.72. The molecule has 0 spiro atoms. The van der Waals surface area contributed by atoms with Gasteiger partial charge >= 0.3 is 5.97 Å². The topological polar surface area (TPSA) is 100 Å². The van der Waals surface area contributed by atoms with Gasteiger partial charge in [-0.05, 0) is 67.1 Å². The van der Waals surface area contributed by atoms with E-state index in [9.17, 15) is 9.90 Å². The number of methoxy groups -OCH3 is 1. The maximum atomic E-state index is 11.6. The molecule has 2 aliphatic rings. The van der Waals surface area contributed by atoms with E-state index < -0.39 is 11.7 Å². The molecule has 2 N–H and O–H groups in total. The van der Waals surface area contributed by atoms with Crippen LogP contribution in [0.4, 0.5) is 11.4 Å². The van der Waals surface area contributed by atoms with E-state index in [1.807, 2.05) is 48.2 Å². The van der Waals surface area contributed by atoms with Crippen molar-refractivity contribution in [3.8, 4) is 17.1 Å². The lowest BCUT2D eigenvalue weighted by Crippen LogP contribution is -2.38. The smallest absolute Gasteiger partial charge is 0.343 e. The molecule has 0 bridgehead atoms. The number of anilines is 2. The molecule has 196 valence electrons. The van der Waals surface area contributed by atoms with Gasteiger partial charge in [0.15, 0.2) is 12.3 Å². The van der Waals surface area contributed by atoms with Crippen LogP contribution in [0, 0.1) is 0 Å². The van der Waals surface area contributed by atoms with Crippen LogP contribution in [-0.4, -0.2) is 61.1 Å². The number of hydrogen-bond acceptors (Lipinski definition) is 8. The van der Waals surface area contributed by atoms with Crippen LogP contribution in [-0.2, 0) is 26.5 Å². The van der Waals surface area contributed by atoms with Crippen molar-refractivity contribution in [1.29, 1.82) is 0 Å². The molecular weight excluding hydrogens is 484 g/mol. The van der Waals surface area contributed by atoms with E-state index in [1.54, 1.807) is 12.1 Å². The van der Waals surface area contributed by atoms with E-state index in [4.69, 9.17) is 14.5 Å². The number of imidazole rings is 1. The molecule has 4 aromatic rings. The van der Waals surface area contributed by atoms with Gasteiger partial charge in [0, 0.05) is 42.1 Å². The Kier molecular flexibility index (Phi) is 6.17. The third kappa shape index (κ3) is 4.44. The van der Waals surface area contributed by atoms with Crippen molar-refractivity contribution in [3.63, 3.8) is 0 Å². The molecule has 0 saturated carbocycles. The Morgan fingerprint density at radius 3 is 2.61 bits per heavy atom. The number of H-pyrrole nitrogens is 1. The van der Waals surface area contributed by atoms with Gasteiger partial charge in [-0.2, -0.15) is 0 Å². The maximum Gasteiger partial charge on any atom is 0.343 e. The number of morpholine rings is 1. The van der Waals surface area contributed by atoms with Gasteiger partial charge in [0.05, 0.1) is 31.4 Å². The first kappa shape index (κ1) is 24.3. The van der Waals surface area contributed by atoms with Gasteiger partial charge in [0.2, 0.25) is 0 Å². The summed E-state index contributed by atoms with van der Waals surface area (Å²) in [5, 5.41) is 11.6. The molecule has 1 fully saturated rings. The van der Waals surface area contributed by atoms with Gasteiger partial charge < -0.3 is 34.1 Å². The standard InChI is InChI=1S/C29H30N4O5/c1-29(35)24-9-5-21(32-11-13-37-14-12-32)15-20(24)17-33(29)22-6-10-25-26(16-22)31-28(30-25)19-3-7-23(8-4-19)38-18-27(34)36-2/h3-10,15-16,35H,11-14,17-18H2,1-2H3,(H,30,31). The van der Waals surface area contributed by atoms with Crippen molar-refractivity contribution in [2.45, 2.75) is 19.2 Å². The quantitative estimate of drug-likeness (QED) is 0.375. The van der Waals surface area contributed by atoms with Gasteiger partial charge in [-0.25, -0.2) is 9.78 Å². The van der Waals surface area contributed by atoms with Crippen LogP contribution in [0.3, 0.4) is 0 Å². The van der Waals surface area contributed by atoms with Gasteiger partial charge in [0.1, 0.15) is 11.6 Å². The van der Waals surface area contributed by atoms with Crippen molar-refractivity contribution >= 4 is 28.4 Å². The Hall–Kier alpha value is -4.08. The van der Waals surface area contributed by atoms with Crippen LogP contribution in [0.5, 0.6) is 5.75 Å². The number of aliphatic hydroxyl groups is 1. The number of carbonyl (C=O) groups excluding carboxylic acids is 1. The molecule has 1 saturated heterocycles. The van der Waals surface area contributed by atoms with Crippen molar-refractivity contribution < 1.29 is 24.1 Å². The Morgan fingerprint density at radius 1 is 1.08 bits per heavy atom. The number of benzene rings is 3. The Bertz CT molecular complexity index is 1470. The summed E-state index contributed by atoms with van der Waals surface area (Å²) in [6, 6.07) is 19.7. The molecule has 0 amide bonds. The monoisotopic (exact) mass is 514 g/mol. The molecule has 1 unspecified atom stereocenters. The minimum Gasteiger partial charge on any atom is -0.482 e. The molecule has 9 heteroatoms. The highest BCUT2D eigenvalue weighted by molar-refractivity contribution is 5.83. The summed E-state index contributed by atoms with van der Waals surface area (Å²) in [5.74, 6) is 0.869. The number of nitrogens with zero attached hydrogens (tertiary/aromatic N) is 3. The van der Waals surface area contributed by atoms with Gasteiger partial charge in [-0.15, -0.1) is 0 Å². The molecule has 1 atom stereocenters. The SMILES string of the molecule is COC(=O)COc1ccc(-c2nc3ccc(N4Cc5cc(N6CCOCC6)ccc5C4(C)O)cc3[nH]2)cc1. The number of aromatic amines is 1. The molecule has 0 aliphatic carbocycles. The van der Waals surface area contributed by atoms with Crippen molar-refractivity contribution in [1.82, 2.24) is 9.97 Å². The zero-order chi connectivity index (χ0) is 26.3. The average Bonchev–Trinajstić information content (AvgIpc) is 3.49. The Morgan fingerprint density at radius 2 is 1.84 bits per heavy atom. The van der Waals surface area contributed by atoms with Crippen molar-refractivity contribution in [2.75, 3.05) is 49.8 Å². The summed E-state index contributed by atoms with van der Waals surface area (Å²) in [5.41, 5.74) is 5.60. The van der Waals surface area contributed by atoms with Gasteiger partial charge in [0.25, 0.3) is 0 Å². The van der Waals surface area contributed by atoms with Gasteiger partial charge in [-0.1, -0.05) is 6.07 Å². The van der Waals surface area contributed by atoms with E-state index in [0.717, 1.165) is 65.5 Å². The molecule has 2 aliphatic heterocycles. The third-order valence-electron chi connectivity index (χ3n) is 7.32. The molecule has 3 heterocycles. The van der Waals surface area contributed by atoms with E-state index >= 15 is 0 Å². The first-order valence-electron chi connectivity index (χ1n) is 12.7. The number of rotatable bonds is 6. The Labute approximate surface area is 220 Å². The predicted octanol–water partition coefficient (Wildman–Crippen LogP) is 3.80. The van der Waals surface area contributed by atoms with Crippen LogP contribution in [0.15, 0.2) is 60.7 Å². The number of fused-ring (bicyclic) bond motifs is 2. The normalized spacial score (nSPS) is 19.0. The van der Waals surface area contributed by atoms with Gasteiger partial charge in [-0.3, -0.25) is 0 Å². The highest BCUT2D eigenvalue weighted by atomic mass is 16.6. The molecule has 0 radical (unpaired) electrons. The van der Waals surface area contributed by atoms with E-state index in [0.29, 0.717) is 12.3 Å². The van der Waals surface area contributed by atoms with Crippen LogP contribution in [0.25, 0.3) is 22.4 Å². The lowest BCUT2D eigenvalue weighted by Gasteiger charge is -2.33. The Balaban J connectivity index is 1.23. The number of ether oxygens (including phenoxy) is 3. The summed E-state index contributed by atoms with van der Waals surface area (Å²) < 4.78 is 15.5. The highest BCUT2D eigenvalue weighted by Gasteiger charge is 2.40. The summed E-state index contributed by atoms with van der Waals surface area (Å²) in [6.07, 6.45) is 0. The summed E-state index contributed by atoms with van der Waals surface area (Å²) in [6.45, 7) is 5.55. The maximum absolute atomic E-state index is 11.6.